The minimum atomic E-state index is -0.293. The van der Waals surface area contributed by atoms with Crippen LogP contribution in [0.4, 0.5) is 4.39 Å². The van der Waals surface area contributed by atoms with Crippen LogP contribution in [-0.4, -0.2) is 17.8 Å². The summed E-state index contributed by atoms with van der Waals surface area (Å²) in [5.74, 6) is 0.275. The third-order valence-electron chi connectivity index (χ3n) is 1.41. The molecule has 1 N–H and O–H groups in total. The Bertz CT molecular complexity index is 233. The van der Waals surface area contributed by atoms with E-state index in [9.17, 15) is 4.39 Å². The number of halogens is 1. The molecule has 2 nitrogen and oxygen atoms in total. The minimum absolute atomic E-state index is 0.0443. The molecule has 0 saturated carbocycles. The number of aliphatic hydroxyl groups excluding tert-OH is 1. The van der Waals surface area contributed by atoms with E-state index in [1.54, 1.807) is 6.92 Å². The van der Waals surface area contributed by atoms with Gasteiger partial charge in [0.25, 0.3) is 0 Å². The van der Waals surface area contributed by atoms with Gasteiger partial charge in [0.1, 0.15) is 17.7 Å². The second-order valence-corrected chi connectivity index (χ2v) is 2.56. The molecular weight excluding hydrogens is 159 g/mol. The van der Waals surface area contributed by atoms with E-state index < -0.39 is 0 Å². The highest BCUT2D eigenvalue weighted by Gasteiger charge is 2.00. The molecule has 0 heterocycles. The molecule has 66 valence electrons. The van der Waals surface area contributed by atoms with E-state index >= 15 is 0 Å². The van der Waals surface area contributed by atoms with Crippen LogP contribution in [0.1, 0.15) is 6.92 Å². The molecule has 1 aromatic carbocycles. The monoisotopic (exact) mass is 170 g/mol. The van der Waals surface area contributed by atoms with Crippen LogP contribution in [0, 0.1) is 5.82 Å². The summed E-state index contributed by atoms with van der Waals surface area (Å²) in [5, 5.41) is 8.65. The zero-order valence-corrected chi connectivity index (χ0v) is 6.83. The van der Waals surface area contributed by atoms with E-state index in [1.165, 1.54) is 24.3 Å². The van der Waals surface area contributed by atoms with E-state index in [0.717, 1.165) is 0 Å². The lowest BCUT2D eigenvalue weighted by atomic mass is 10.3. The van der Waals surface area contributed by atoms with Crippen LogP contribution in [0.3, 0.4) is 0 Å². The number of hydrogen-bond donors (Lipinski definition) is 1. The first-order valence-electron chi connectivity index (χ1n) is 3.75. The zero-order valence-electron chi connectivity index (χ0n) is 6.83. The largest absolute Gasteiger partial charge is 0.488 e. The summed E-state index contributed by atoms with van der Waals surface area (Å²) < 4.78 is 17.6. The lowest BCUT2D eigenvalue weighted by Crippen LogP contribution is -2.15. The molecule has 0 amide bonds. The second-order valence-electron chi connectivity index (χ2n) is 2.56. The van der Waals surface area contributed by atoms with Crippen molar-refractivity contribution in [3.8, 4) is 5.75 Å². The van der Waals surface area contributed by atoms with Crippen molar-refractivity contribution < 1.29 is 14.2 Å². The number of rotatable bonds is 3. The van der Waals surface area contributed by atoms with Gasteiger partial charge in [-0.2, -0.15) is 0 Å². The SMILES string of the molecule is C[C@@H](CO)Oc1ccc(F)cc1. The van der Waals surface area contributed by atoms with E-state index in [4.69, 9.17) is 9.84 Å². The third kappa shape index (κ3) is 2.51. The van der Waals surface area contributed by atoms with Crippen LogP contribution in [0.15, 0.2) is 24.3 Å². The molecule has 0 aliphatic rings. The summed E-state index contributed by atoms with van der Waals surface area (Å²) in [5.41, 5.74) is 0. The first-order valence-corrected chi connectivity index (χ1v) is 3.75. The fourth-order valence-corrected chi connectivity index (χ4v) is 0.783. The van der Waals surface area contributed by atoms with Gasteiger partial charge in [-0.1, -0.05) is 0 Å². The molecule has 12 heavy (non-hydrogen) atoms. The molecule has 0 radical (unpaired) electrons. The van der Waals surface area contributed by atoms with Crippen molar-refractivity contribution in [2.24, 2.45) is 0 Å². The lowest BCUT2D eigenvalue weighted by Gasteiger charge is -2.10. The predicted octanol–water partition coefficient (Wildman–Crippen LogP) is 1.59. The van der Waals surface area contributed by atoms with Gasteiger partial charge in [0.15, 0.2) is 0 Å². The highest BCUT2D eigenvalue weighted by molar-refractivity contribution is 5.22. The smallest absolute Gasteiger partial charge is 0.123 e. The molecule has 1 rings (SSSR count). The molecule has 0 unspecified atom stereocenters. The molecule has 1 aromatic rings. The van der Waals surface area contributed by atoms with Crippen LogP contribution in [0.5, 0.6) is 5.75 Å². The van der Waals surface area contributed by atoms with Crippen molar-refractivity contribution in [1.29, 1.82) is 0 Å². The average Bonchev–Trinajstić information content (AvgIpc) is 2.09. The van der Waals surface area contributed by atoms with Gasteiger partial charge in [-0.25, -0.2) is 4.39 Å². The quantitative estimate of drug-likeness (QED) is 0.746. The van der Waals surface area contributed by atoms with Gasteiger partial charge < -0.3 is 9.84 Å². The van der Waals surface area contributed by atoms with Crippen LogP contribution in [0.25, 0.3) is 0 Å². The normalized spacial score (nSPS) is 12.6. The molecule has 3 heteroatoms. The van der Waals surface area contributed by atoms with Crippen molar-refractivity contribution in [1.82, 2.24) is 0 Å². The maximum absolute atomic E-state index is 12.4. The summed E-state index contributed by atoms with van der Waals surface area (Å²) >= 11 is 0. The summed E-state index contributed by atoms with van der Waals surface area (Å²) in [7, 11) is 0. The predicted molar refractivity (Wildman–Crippen MR) is 43.6 cm³/mol. The van der Waals surface area contributed by atoms with Crippen molar-refractivity contribution in [3.05, 3.63) is 30.1 Å². The van der Waals surface area contributed by atoms with E-state index in [2.05, 4.69) is 0 Å². The second kappa shape index (κ2) is 4.07. The maximum atomic E-state index is 12.4. The van der Waals surface area contributed by atoms with E-state index in [1.807, 2.05) is 0 Å². The third-order valence-corrected chi connectivity index (χ3v) is 1.41. The first kappa shape index (κ1) is 9.00. The topological polar surface area (TPSA) is 29.5 Å². The fraction of sp³-hybridized carbons (Fsp3) is 0.333. The van der Waals surface area contributed by atoms with Crippen LogP contribution >= 0.6 is 0 Å². The summed E-state index contributed by atoms with van der Waals surface area (Å²) in [6.45, 7) is 1.70. The van der Waals surface area contributed by atoms with Crippen molar-refractivity contribution in [2.45, 2.75) is 13.0 Å². The van der Waals surface area contributed by atoms with Gasteiger partial charge in [0.05, 0.1) is 6.61 Å². The maximum Gasteiger partial charge on any atom is 0.123 e. The summed E-state index contributed by atoms with van der Waals surface area (Å²) in [6.07, 6.45) is -0.254. The Labute approximate surface area is 70.6 Å². The van der Waals surface area contributed by atoms with Gasteiger partial charge in [0.2, 0.25) is 0 Å². The van der Waals surface area contributed by atoms with E-state index in [-0.39, 0.29) is 18.5 Å². The Hall–Kier alpha value is -1.09. The first-order chi connectivity index (χ1) is 5.72. The lowest BCUT2D eigenvalue weighted by molar-refractivity contribution is 0.129. The van der Waals surface area contributed by atoms with Gasteiger partial charge >= 0.3 is 0 Å². The van der Waals surface area contributed by atoms with Crippen molar-refractivity contribution >= 4 is 0 Å². The van der Waals surface area contributed by atoms with Gasteiger partial charge in [-0.05, 0) is 31.2 Å². The standard InChI is InChI=1S/C9H11FO2/c1-7(6-11)12-9-4-2-8(10)3-5-9/h2-5,7,11H,6H2,1H3/t7-/m0/s1. The molecule has 0 aliphatic carbocycles. The Morgan fingerprint density at radius 2 is 2.00 bits per heavy atom. The highest BCUT2D eigenvalue weighted by atomic mass is 19.1. The molecule has 0 saturated heterocycles. The zero-order chi connectivity index (χ0) is 8.97. The fourth-order valence-electron chi connectivity index (χ4n) is 0.783. The summed E-state index contributed by atoms with van der Waals surface area (Å²) in [4.78, 5) is 0. The average molecular weight is 170 g/mol. The highest BCUT2D eigenvalue weighted by Crippen LogP contribution is 2.12. The number of aliphatic hydroxyl groups is 1. The van der Waals surface area contributed by atoms with Crippen molar-refractivity contribution in [2.75, 3.05) is 6.61 Å². The Kier molecular flexibility index (Phi) is 3.05. The number of hydrogen-bond acceptors (Lipinski definition) is 2. The number of benzene rings is 1. The molecule has 0 spiro atoms. The molecule has 0 aliphatic heterocycles. The Morgan fingerprint density at radius 3 is 2.50 bits per heavy atom. The van der Waals surface area contributed by atoms with Gasteiger partial charge in [-0.3, -0.25) is 0 Å². The molecule has 1 atom stereocenters. The molecule has 0 aromatic heterocycles. The Morgan fingerprint density at radius 1 is 1.42 bits per heavy atom. The summed E-state index contributed by atoms with van der Waals surface area (Å²) in [6, 6.07) is 5.70. The van der Waals surface area contributed by atoms with Crippen LogP contribution in [-0.2, 0) is 0 Å². The Balaban J connectivity index is 2.58. The molecular formula is C9H11FO2. The van der Waals surface area contributed by atoms with Gasteiger partial charge in [0, 0.05) is 0 Å². The van der Waals surface area contributed by atoms with Crippen LogP contribution < -0.4 is 4.74 Å². The van der Waals surface area contributed by atoms with Crippen molar-refractivity contribution in [3.63, 3.8) is 0 Å². The minimum Gasteiger partial charge on any atom is -0.488 e. The molecule has 0 fully saturated rings. The molecule has 0 bridgehead atoms. The number of ether oxygens (including phenoxy) is 1. The van der Waals surface area contributed by atoms with E-state index in [0.29, 0.717) is 5.75 Å². The van der Waals surface area contributed by atoms with Gasteiger partial charge in [-0.15, -0.1) is 0 Å². The van der Waals surface area contributed by atoms with Crippen LogP contribution in [0.2, 0.25) is 0 Å².